The molecule has 2 aromatic heterocycles. The molecule has 0 atom stereocenters. The van der Waals surface area contributed by atoms with E-state index in [2.05, 4.69) is 10.3 Å². The Bertz CT molecular complexity index is 1110. The molecule has 4 rings (SSSR count). The Kier molecular flexibility index (Phi) is 7.32. The van der Waals surface area contributed by atoms with Crippen molar-refractivity contribution in [1.82, 2.24) is 10.3 Å². The van der Waals surface area contributed by atoms with Crippen LogP contribution in [0, 0.1) is 11.1 Å². The quantitative estimate of drug-likeness (QED) is 0.432. The minimum atomic E-state index is -0.434. The molecule has 0 unspecified atom stereocenters. The summed E-state index contributed by atoms with van der Waals surface area (Å²) >= 11 is 1.47. The van der Waals surface area contributed by atoms with Crippen LogP contribution in [0.15, 0.2) is 35.7 Å². The van der Waals surface area contributed by atoms with Crippen molar-refractivity contribution in [2.45, 2.75) is 38.6 Å². The number of aliphatic hydroxyl groups excluding tert-OH is 1. The molecular formula is C24H29N4O4S-. The molecule has 0 aliphatic heterocycles. The predicted octanol–water partition coefficient (Wildman–Crippen LogP) is 4.00. The van der Waals surface area contributed by atoms with Crippen LogP contribution >= 0.6 is 11.3 Å². The predicted molar refractivity (Wildman–Crippen MR) is 132 cm³/mol. The second-order valence-corrected chi connectivity index (χ2v) is 9.44. The first-order chi connectivity index (χ1) is 16.0. The van der Waals surface area contributed by atoms with Gasteiger partial charge in [0.25, 0.3) is 5.91 Å². The number of rotatable bonds is 8. The Balaban J connectivity index is 1.67. The Labute approximate surface area is 196 Å². The van der Waals surface area contributed by atoms with Crippen molar-refractivity contribution in [1.29, 1.82) is 0 Å². The van der Waals surface area contributed by atoms with E-state index in [-0.39, 0.29) is 42.9 Å². The maximum Gasteiger partial charge on any atom is 0.255 e. The second-order valence-electron chi connectivity index (χ2n) is 8.41. The van der Waals surface area contributed by atoms with E-state index in [1.807, 2.05) is 17.5 Å². The van der Waals surface area contributed by atoms with E-state index in [0.717, 1.165) is 35.6 Å². The Hall–Kier alpha value is -2.88. The highest BCUT2D eigenvalue weighted by Crippen LogP contribution is 2.33. The molecular weight excluding hydrogens is 440 g/mol. The van der Waals surface area contributed by atoms with Crippen LogP contribution in [0.1, 0.15) is 47.3 Å². The summed E-state index contributed by atoms with van der Waals surface area (Å²) in [6.45, 7) is 0.00106. The molecule has 33 heavy (non-hydrogen) atoms. The molecule has 1 saturated carbocycles. The van der Waals surface area contributed by atoms with Gasteiger partial charge in [-0.2, -0.15) is 0 Å². The zero-order chi connectivity index (χ0) is 23.4. The number of hydroxylamine groups is 1. The molecule has 2 amide bonds. The fourth-order valence-electron chi connectivity index (χ4n) is 4.43. The van der Waals surface area contributed by atoms with Crippen LogP contribution in [-0.4, -0.2) is 42.1 Å². The van der Waals surface area contributed by atoms with Gasteiger partial charge in [-0.05, 0) is 42.5 Å². The molecule has 176 valence electrons. The van der Waals surface area contributed by atoms with Gasteiger partial charge < -0.3 is 30.6 Å². The number of aromatic nitrogens is 1. The van der Waals surface area contributed by atoms with Crippen LogP contribution in [0.3, 0.4) is 0 Å². The molecule has 0 bridgehead atoms. The van der Waals surface area contributed by atoms with E-state index in [9.17, 15) is 14.8 Å². The van der Waals surface area contributed by atoms with E-state index >= 15 is 0 Å². The molecule has 1 aliphatic rings. The number of nitrogens with zero attached hydrogens (tertiary/aromatic N) is 2. The maximum atomic E-state index is 13.0. The Morgan fingerprint density at radius 3 is 2.73 bits per heavy atom. The molecule has 3 N–H and O–H groups in total. The number of H-pyrrole nitrogens is 1. The van der Waals surface area contributed by atoms with Gasteiger partial charge >= 0.3 is 0 Å². The van der Waals surface area contributed by atoms with Gasteiger partial charge in [0.15, 0.2) is 0 Å². The van der Waals surface area contributed by atoms with Crippen molar-refractivity contribution >= 4 is 45.6 Å². The molecule has 9 heteroatoms. The van der Waals surface area contributed by atoms with Crippen molar-refractivity contribution in [2.75, 3.05) is 30.2 Å². The van der Waals surface area contributed by atoms with Gasteiger partial charge in [0, 0.05) is 47.5 Å². The molecule has 1 aliphatic carbocycles. The summed E-state index contributed by atoms with van der Waals surface area (Å²) in [5.41, 5.74) is 1.55. The molecule has 1 aromatic carbocycles. The van der Waals surface area contributed by atoms with Crippen LogP contribution in [0.2, 0.25) is 0 Å². The number of carbonyl (C=O) groups excluding carboxylic acids is 2. The molecule has 0 radical (unpaired) electrons. The van der Waals surface area contributed by atoms with Gasteiger partial charge in [0.05, 0.1) is 12.2 Å². The first kappa shape index (κ1) is 23.3. The first-order valence-electron chi connectivity index (χ1n) is 11.3. The molecule has 0 spiro atoms. The highest BCUT2D eigenvalue weighted by molar-refractivity contribution is 7.09. The lowest BCUT2D eigenvalue weighted by atomic mass is 9.88. The van der Waals surface area contributed by atoms with Crippen LogP contribution in [-0.2, 0) is 11.3 Å². The molecule has 2 heterocycles. The third kappa shape index (κ3) is 5.05. The lowest BCUT2D eigenvalue weighted by Gasteiger charge is -2.29. The van der Waals surface area contributed by atoms with E-state index in [1.165, 1.54) is 17.8 Å². The number of aromatic amines is 1. The fourth-order valence-corrected chi connectivity index (χ4v) is 5.11. The van der Waals surface area contributed by atoms with Gasteiger partial charge in [-0.25, -0.2) is 0 Å². The standard InChI is InChI=1S/C24H29N4O4S/c1-27(24(31)16-6-3-2-4-7-16)17-9-10-19-20(14-17)26-22(21(19)23(30)25-11-12-29)28(32)15-18-8-5-13-33-18/h5,8-10,13-14,16,26,29H,2-4,6-7,11-12,15H2,1H3,(H,25,30)/q-1. The van der Waals surface area contributed by atoms with Gasteiger partial charge in [-0.1, -0.05) is 25.3 Å². The summed E-state index contributed by atoms with van der Waals surface area (Å²) < 4.78 is 0. The highest BCUT2D eigenvalue weighted by Gasteiger charge is 2.26. The number of anilines is 2. The normalized spacial score (nSPS) is 14.4. The summed E-state index contributed by atoms with van der Waals surface area (Å²) in [4.78, 5) is 31.5. The van der Waals surface area contributed by atoms with Crippen molar-refractivity contribution in [3.8, 4) is 0 Å². The number of amides is 2. The Morgan fingerprint density at radius 1 is 1.24 bits per heavy atom. The minimum absolute atomic E-state index is 0.0430. The van der Waals surface area contributed by atoms with Crippen molar-refractivity contribution in [3.05, 3.63) is 51.4 Å². The molecule has 1 fully saturated rings. The van der Waals surface area contributed by atoms with Gasteiger partial charge in [0.2, 0.25) is 5.91 Å². The highest BCUT2D eigenvalue weighted by atomic mass is 32.1. The van der Waals surface area contributed by atoms with Crippen LogP contribution < -0.4 is 15.3 Å². The summed E-state index contributed by atoms with van der Waals surface area (Å²) in [7, 11) is 1.77. The van der Waals surface area contributed by atoms with E-state index in [1.54, 1.807) is 30.1 Å². The SMILES string of the molecule is CN(C(=O)C1CCCCC1)c1ccc2c(C(=O)NCCO)c(N([O-])Cc3cccs3)[nH]c2c1. The monoisotopic (exact) mass is 469 g/mol. The van der Waals surface area contributed by atoms with Crippen molar-refractivity contribution in [3.63, 3.8) is 0 Å². The number of nitrogens with one attached hydrogen (secondary N) is 2. The number of hydrogen-bond donors (Lipinski definition) is 3. The van der Waals surface area contributed by atoms with Gasteiger partial charge in [0.1, 0.15) is 5.82 Å². The van der Waals surface area contributed by atoms with Crippen LogP contribution in [0.5, 0.6) is 0 Å². The van der Waals surface area contributed by atoms with Gasteiger partial charge in [-0.15, -0.1) is 11.3 Å². The van der Waals surface area contributed by atoms with Gasteiger partial charge in [-0.3, -0.25) is 9.59 Å². The first-order valence-corrected chi connectivity index (χ1v) is 12.2. The average Bonchev–Trinajstić information content (AvgIpc) is 3.49. The summed E-state index contributed by atoms with van der Waals surface area (Å²) in [5, 5.41) is 28.0. The number of carbonyl (C=O) groups is 2. The minimum Gasteiger partial charge on any atom is -0.757 e. The zero-order valence-electron chi connectivity index (χ0n) is 18.7. The Morgan fingerprint density at radius 2 is 2.03 bits per heavy atom. The second kappa shape index (κ2) is 10.4. The molecule has 3 aromatic rings. The summed E-state index contributed by atoms with van der Waals surface area (Å²) in [6.07, 6.45) is 5.18. The molecule has 8 nitrogen and oxygen atoms in total. The third-order valence-corrected chi connectivity index (χ3v) is 7.05. The van der Waals surface area contributed by atoms with Crippen LogP contribution in [0.25, 0.3) is 10.9 Å². The average molecular weight is 470 g/mol. The number of hydrogen-bond acceptors (Lipinski definition) is 6. The lowest BCUT2D eigenvalue weighted by Crippen LogP contribution is -2.33. The maximum absolute atomic E-state index is 13.0. The number of thiophene rings is 1. The largest absolute Gasteiger partial charge is 0.757 e. The topological polar surface area (TPSA) is 112 Å². The smallest absolute Gasteiger partial charge is 0.255 e. The third-order valence-electron chi connectivity index (χ3n) is 6.19. The van der Waals surface area contributed by atoms with Crippen LogP contribution in [0.4, 0.5) is 11.5 Å². The van der Waals surface area contributed by atoms with E-state index in [4.69, 9.17) is 5.11 Å². The van der Waals surface area contributed by atoms with E-state index < -0.39 is 5.91 Å². The van der Waals surface area contributed by atoms with E-state index in [0.29, 0.717) is 16.6 Å². The summed E-state index contributed by atoms with van der Waals surface area (Å²) in [6, 6.07) is 9.12. The zero-order valence-corrected chi connectivity index (χ0v) is 19.5. The van der Waals surface area contributed by atoms with Crippen molar-refractivity contribution < 1.29 is 14.7 Å². The van der Waals surface area contributed by atoms with Crippen molar-refractivity contribution in [2.24, 2.45) is 5.92 Å². The number of benzene rings is 1. The lowest BCUT2D eigenvalue weighted by molar-refractivity contribution is -0.123. The summed E-state index contributed by atoms with van der Waals surface area (Å²) in [5.74, 6) is -0.129. The number of aliphatic hydroxyl groups is 1. The molecule has 0 saturated heterocycles. The fraction of sp³-hybridized carbons (Fsp3) is 0.417. The number of fused-ring (bicyclic) bond motifs is 1.